The maximum atomic E-state index is 4.75. The van der Waals surface area contributed by atoms with Gasteiger partial charge in [0.05, 0.1) is 16.7 Å². The fourth-order valence-electron chi connectivity index (χ4n) is 2.54. The third-order valence-electron chi connectivity index (χ3n) is 3.50. The van der Waals surface area contributed by atoms with Crippen molar-refractivity contribution in [3.05, 3.63) is 52.3 Å². The second kappa shape index (κ2) is 5.93. The predicted octanol–water partition coefficient (Wildman–Crippen LogP) is 3.76. The molecule has 0 aliphatic rings. The maximum Gasteiger partial charge on any atom is 0.129 e. The van der Waals surface area contributed by atoms with Gasteiger partial charge in [-0.1, -0.05) is 19.1 Å². The summed E-state index contributed by atoms with van der Waals surface area (Å²) in [6.07, 6.45) is 1.55. The van der Waals surface area contributed by atoms with Crippen LogP contribution in [0.3, 0.4) is 0 Å². The van der Waals surface area contributed by atoms with Crippen molar-refractivity contribution in [2.24, 2.45) is 0 Å². The molecule has 0 spiro atoms. The van der Waals surface area contributed by atoms with Crippen LogP contribution in [0.4, 0.5) is 0 Å². The number of imidazole rings is 1. The average Bonchev–Trinajstić information content (AvgIpc) is 2.83. The van der Waals surface area contributed by atoms with Gasteiger partial charge < -0.3 is 4.57 Å². The van der Waals surface area contributed by atoms with Crippen LogP contribution >= 0.6 is 15.9 Å². The summed E-state index contributed by atoms with van der Waals surface area (Å²) in [4.78, 5) is 13.7. The van der Waals surface area contributed by atoms with E-state index in [1.54, 1.807) is 0 Å². The minimum atomic E-state index is 0.719. The van der Waals surface area contributed by atoms with Gasteiger partial charge in [-0.05, 0) is 41.1 Å². The molecular weight excluding hydrogens is 328 g/mol. The Bertz CT molecular complexity index is 779. The van der Waals surface area contributed by atoms with Crippen molar-refractivity contribution in [3.63, 3.8) is 0 Å². The van der Waals surface area contributed by atoms with Crippen LogP contribution in [0.1, 0.15) is 31.2 Å². The fourth-order valence-corrected chi connectivity index (χ4v) is 3.01. The Kier molecular flexibility index (Phi) is 4.01. The summed E-state index contributed by atoms with van der Waals surface area (Å²) in [5.74, 6) is 1.91. The molecule has 2 heterocycles. The number of fused-ring (bicyclic) bond motifs is 1. The topological polar surface area (TPSA) is 43.6 Å². The standard InChI is InChI=1S/C16H17BrN4/c1-3-15-18-11(9-14(17)20-15)10-16-19-12-7-5-6-8-13(12)21(16)4-2/h5-9H,3-4,10H2,1-2H3. The van der Waals surface area contributed by atoms with Crippen molar-refractivity contribution in [3.8, 4) is 0 Å². The summed E-state index contributed by atoms with van der Waals surface area (Å²) >= 11 is 3.46. The van der Waals surface area contributed by atoms with Crippen LogP contribution in [-0.2, 0) is 19.4 Å². The molecule has 0 N–H and O–H groups in total. The van der Waals surface area contributed by atoms with Crippen molar-refractivity contribution in [2.45, 2.75) is 33.2 Å². The quantitative estimate of drug-likeness (QED) is 0.676. The minimum absolute atomic E-state index is 0.719. The maximum absolute atomic E-state index is 4.75. The van der Waals surface area contributed by atoms with E-state index in [0.717, 1.165) is 46.8 Å². The van der Waals surface area contributed by atoms with Gasteiger partial charge in [-0.15, -0.1) is 0 Å². The third-order valence-corrected chi connectivity index (χ3v) is 3.91. The number of benzene rings is 1. The molecule has 0 atom stereocenters. The van der Waals surface area contributed by atoms with E-state index in [9.17, 15) is 0 Å². The van der Waals surface area contributed by atoms with Gasteiger partial charge in [0.15, 0.2) is 0 Å². The van der Waals surface area contributed by atoms with E-state index in [2.05, 4.69) is 62.5 Å². The molecule has 5 heteroatoms. The van der Waals surface area contributed by atoms with Gasteiger partial charge in [0, 0.05) is 19.4 Å². The molecule has 0 saturated carbocycles. The zero-order valence-electron chi connectivity index (χ0n) is 12.2. The molecule has 0 bridgehead atoms. The zero-order chi connectivity index (χ0) is 14.8. The molecule has 0 amide bonds. The van der Waals surface area contributed by atoms with Gasteiger partial charge >= 0.3 is 0 Å². The van der Waals surface area contributed by atoms with E-state index in [1.165, 1.54) is 5.52 Å². The molecule has 0 saturated heterocycles. The molecule has 3 rings (SSSR count). The Morgan fingerprint density at radius 2 is 1.90 bits per heavy atom. The van der Waals surface area contributed by atoms with Gasteiger partial charge in [0.25, 0.3) is 0 Å². The highest BCUT2D eigenvalue weighted by Gasteiger charge is 2.11. The van der Waals surface area contributed by atoms with E-state index >= 15 is 0 Å². The molecule has 0 aliphatic heterocycles. The molecule has 1 aromatic carbocycles. The van der Waals surface area contributed by atoms with Crippen LogP contribution in [0.5, 0.6) is 0 Å². The lowest BCUT2D eigenvalue weighted by Crippen LogP contribution is -2.06. The lowest BCUT2D eigenvalue weighted by atomic mass is 10.2. The molecule has 4 nitrogen and oxygen atoms in total. The molecule has 3 aromatic rings. The Balaban J connectivity index is 2.03. The molecule has 0 radical (unpaired) electrons. The average molecular weight is 345 g/mol. The van der Waals surface area contributed by atoms with E-state index in [1.807, 2.05) is 12.1 Å². The Morgan fingerprint density at radius 3 is 2.67 bits per heavy atom. The summed E-state index contributed by atoms with van der Waals surface area (Å²) in [6.45, 7) is 5.11. The van der Waals surface area contributed by atoms with Crippen LogP contribution in [0.15, 0.2) is 34.9 Å². The van der Waals surface area contributed by atoms with Crippen molar-refractivity contribution in [2.75, 3.05) is 0 Å². The highest BCUT2D eigenvalue weighted by molar-refractivity contribution is 9.10. The first-order chi connectivity index (χ1) is 10.2. The molecule has 0 aliphatic carbocycles. The van der Waals surface area contributed by atoms with Crippen molar-refractivity contribution < 1.29 is 0 Å². The molecule has 0 fully saturated rings. The van der Waals surface area contributed by atoms with Crippen LogP contribution in [0.25, 0.3) is 11.0 Å². The number of para-hydroxylation sites is 2. The normalized spacial score (nSPS) is 11.2. The van der Waals surface area contributed by atoms with Gasteiger partial charge in [0.2, 0.25) is 0 Å². The SMILES string of the molecule is CCc1nc(Br)cc(Cc2nc3ccccc3n2CC)n1. The third kappa shape index (κ3) is 2.83. The highest BCUT2D eigenvalue weighted by Crippen LogP contribution is 2.19. The highest BCUT2D eigenvalue weighted by atomic mass is 79.9. The molecule has 108 valence electrons. The monoisotopic (exact) mass is 344 g/mol. The van der Waals surface area contributed by atoms with E-state index in [4.69, 9.17) is 4.98 Å². The fraction of sp³-hybridized carbons (Fsp3) is 0.312. The lowest BCUT2D eigenvalue weighted by molar-refractivity contribution is 0.725. The van der Waals surface area contributed by atoms with Gasteiger partial charge in [-0.2, -0.15) is 0 Å². The Morgan fingerprint density at radius 1 is 1.10 bits per heavy atom. The number of nitrogens with zero attached hydrogens (tertiary/aromatic N) is 4. The number of halogens is 1. The Labute approximate surface area is 132 Å². The summed E-state index contributed by atoms with van der Waals surface area (Å²) in [6, 6.07) is 10.2. The molecular formula is C16H17BrN4. The van der Waals surface area contributed by atoms with Crippen LogP contribution in [-0.4, -0.2) is 19.5 Å². The minimum Gasteiger partial charge on any atom is -0.328 e. The first-order valence-electron chi connectivity index (χ1n) is 7.17. The lowest BCUT2D eigenvalue weighted by Gasteiger charge is -2.07. The van der Waals surface area contributed by atoms with E-state index < -0.39 is 0 Å². The summed E-state index contributed by atoms with van der Waals surface area (Å²) in [5.41, 5.74) is 3.22. The van der Waals surface area contributed by atoms with E-state index in [0.29, 0.717) is 0 Å². The Hall–Kier alpha value is -1.75. The molecule has 0 unspecified atom stereocenters. The summed E-state index contributed by atoms with van der Waals surface area (Å²) in [5, 5.41) is 0. The second-order valence-corrected chi connectivity index (χ2v) is 5.70. The van der Waals surface area contributed by atoms with Crippen molar-refractivity contribution in [1.29, 1.82) is 0 Å². The smallest absolute Gasteiger partial charge is 0.129 e. The summed E-state index contributed by atoms with van der Waals surface area (Å²) < 4.78 is 3.08. The molecule has 21 heavy (non-hydrogen) atoms. The van der Waals surface area contributed by atoms with Gasteiger partial charge in [0.1, 0.15) is 16.3 Å². The first-order valence-corrected chi connectivity index (χ1v) is 7.97. The largest absolute Gasteiger partial charge is 0.328 e. The second-order valence-electron chi connectivity index (χ2n) is 4.89. The summed E-state index contributed by atoms with van der Waals surface area (Å²) in [7, 11) is 0. The first kappa shape index (κ1) is 14.2. The van der Waals surface area contributed by atoms with Crippen molar-refractivity contribution >= 4 is 27.0 Å². The number of aromatic nitrogens is 4. The predicted molar refractivity (Wildman–Crippen MR) is 87.3 cm³/mol. The number of hydrogen-bond donors (Lipinski definition) is 0. The van der Waals surface area contributed by atoms with Crippen molar-refractivity contribution in [1.82, 2.24) is 19.5 Å². The van der Waals surface area contributed by atoms with Crippen LogP contribution in [0, 0.1) is 0 Å². The zero-order valence-corrected chi connectivity index (χ0v) is 13.8. The number of hydrogen-bond acceptors (Lipinski definition) is 3. The van der Waals surface area contributed by atoms with E-state index in [-0.39, 0.29) is 0 Å². The molecule has 2 aromatic heterocycles. The number of rotatable bonds is 4. The van der Waals surface area contributed by atoms with Gasteiger partial charge in [-0.25, -0.2) is 15.0 Å². The van der Waals surface area contributed by atoms with Crippen LogP contribution in [0.2, 0.25) is 0 Å². The van der Waals surface area contributed by atoms with Gasteiger partial charge in [-0.3, -0.25) is 0 Å². The van der Waals surface area contributed by atoms with Crippen LogP contribution < -0.4 is 0 Å². The number of aryl methyl sites for hydroxylation is 2.